The normalized spacial score (nSPS) is 9.61. The molecule has 92 valence electrons. The predicted octanol–water partition coefficient (Wildman–Crippen LogP) is 5.20. The van der Waals surface area contributed by atoms with Crippen molar-refractivity contribution in [1.29, 1.82) is 0 Å². The van der Waals surface area contributed by atoms with E-state index in [9.17, 15) is 0 Å². The molecule has 0 saturated carbocycles. The molecule has 0 unspecified atom stereocenters. The number of hydrogen-bond donors (Lipinski definition) is 1. The van der Waals surface area contributed by atoms with Crippen molar-refractivity contribution in [2.45, 2.75) is 0 Å². The van der Waals surface area contributed by atoms with Crippen molar-refractivity contribution in [3.8, 4) is 0 Å². The van der Waals surface area contributed by atoms with Crippen molar-refractivity contribution in [1.82, 2.24) is 0 Å². The Kier molecular flexibility index (Phi) is 6.37. The highest BCUT2D eigenvalue weighted by atomic mass is 35.5. The van der Waals surface area contributed by atoms with Gasteiger partial charge in [0.25, 0.3) is 0 Å². The first-order valence-electron chi connectivity index (χ1n) is 5.50. The first-order chi connectivity index (χ1) is 8.77. The van der Waals surface area contributed by atoms with E-state index in [0.717, 1.165) is 22.4 Å². The third kappa shape index (κ3) is 4.89. The average Bonchev–Trinajstić information content (AvgIpc) is 2.42. The largest absolute Gasteiger partial charge is 0.516 e. The Morgan fingerprint density at radius 2 is 1.56 bits per heavy atom. The Labute approximate surface area is 113 Å². The number of aliphatic hydroxyl groups excluding tert-OH is 1. The van der Waals surface area contributed by atoms with Gasteiger partial charge in [-0.1, -0.05) is 72.8 Å². The summed E-state index contributed by atoms with van der Waals surface area (Å²) in [5.41, 5.74) is 2.00. The fraction of sp³-hybridized carbons (Fsp3) is 0. The van der Waals surface area contributed by atoms with Gasteiger partial charge in [-0.15, -0.1) is 0 Å². The third-order valence-corrected chi connectivity index (χ3v) is 2.54. The fourth-order valence-corrected chi connectivity index (χ4v) is 1.50. The van der Waals surface area contributed by atoms with Gasteiger partial charge in [-0.3, -0.25) is 0 Å². The van der Waals surface area contributed by atoms with Gasteiger partial charge in [-0.05, 0) is 23.3 Å². The second kappa shape index (κ2) is 8.15. The molecule has 2 aromatic rings. The first-order valence-corrected chi connectivity index (χ1v) is 5.88. The third-order valence-electron chi connectivity index (χ3n) is 2.19. The maximum absolute atomic E-state index is 8.34. The quantitative estimate of drug-likeness (QED) is 0.734. The standard InChI is InChI=1S/C8H7Cl.C8H8O/c1-2-7-5-3-4-6-8(7)9;9-7-6-8-4-2-1-3-5-8/h2-6H,1H2;1-7,9H. The minimum Gasteiger partial charge on any atom is -0.516 e. The Hall–Kier alpha value is -1.99. The summed E-state index contributed by atoms with van der Waals surface area (Å²) in [6.45, 7) is 3.61. The zero-order valence-electron chi connectivity index (χ0n) is 9.96. The van der Waals surface area contributed by atoms with Crippen LogP contribution in [0, 0.1) is 0 Å². The van der Waals surface area contributed by atoms with Gasteiger partial charge in [-0.25, -0.2) is 0 Å². The lowest BCUT2D eigenvalue weighted by Gasteiger charge is -1.92. The predicted molar refractivity (Wildman–Crippen MR) is 79.6 cm³/mol. The van der Waals surface area contributed by atoms with Crippen molar-refractivity contribution in [3.63, 3.8) is 0 Å². The van der Waals surface area contributed by atoms with E-state index in [1.54, 1.807) is 12.2 Å². The molecule has 0 aliphatic rings. The molecule has 0 aliphatic heterocycles. The highest BCUT2D eigenvalue weighted by molar-refractivity contribution is 6.32. The topological polar surface area (TPSA) is 20.2 Å². The summed E-state index contributed by atoms with van der Waals surface area (Å²) in [4.78, 5) is 0. The minimum absolute atomic E-state index is 0.757. The molecule has 18 heavy (non-hydrogen) atoms. The molecule has 0 saturated heterocycles. The zero-order chi connectivity index (χ0) is 13.2. The molecule has 0 atom stereocenters. The van der Waals surface area contributed by atoms with Gasteiger partial charge in [-0.2, -0.15) is 0 Å². The molecule has 0 bridgehead atoms. The van der Waals surface area contributed by atoms with Crippen LogP contribution < -0.4 is 0 Å². The smallest absolute Gasteiger partial charge is 0.0797 e. The van der Waals surface area contributed by atoms with Crippen LogP contribution in [0.1, 0.15) is 11.1 Å². The maximum atomic E-state index is 8.34. The van der Waals surface area contributed by atoms with Gasteiger partial charge >= 0.3 is 0 Å². The van der Waals surface area contributed by atoms with E-state index in [1.807, 2.05) is 54.6 Å². The number of halogens is 1. The Morgan fingerprint density at radius 1 is 0.944 bits per heavy atom. The Balaban J connectivity index is 0.000000180. The van der Waals surface area contributed by atoms with Crippen LogP contribution in [0.2, 0.25) is 5.02 Å². The highest BCUT2D eigenvalue weighted by Gasteiger charge is 1.89. The molecule has 0 heterocycles. The summed E-state index contributed by atoms with van der Waals surface area (Å²) in [6, 6.07) is 17.2. The monoisotopic (exact) mass is 258 g/mol. The van der Waals surface area contributed by atoms with Crippen molar-refractivity contribution in [3.05, 3.63) is 83.6 Å². The van der Waals surface area contributed by atoms with Gasteiger partial charge < -0.3 is 5.11 Å². The summed E-state index contributed by atoms with van der Waals surface area (Å²) in [6.07, 6.45) is 4.41. The summed E-state index contributed by atoms with van der Waals surface area (Å²) in [7, 11) is 0. The number of hydrogen-bond acceptors (Lipinski definition) is 1. The summed E-state index contributed by atoms with van der Waals surface area (Å²) in [5, 5.41) is 9.10. The van der Waals surface area contributed by atoms with E-state index >= 15 is 0 Å². The molecule has 0 fully saturated rings. The van der Waals surface area contributed by atoms with Crippen LogP contribution in [0.3, 0.4) is 0 Å². The summed E-state index contributed by atoms with van der Waals surface area (Å²) >= 11 is 5.75. The van der Waals surface area contributed by atoms with Crippen molar-refractivity contribution in [2.75, 3.05) is 0 Å². The van der Waals surface area contributed by atoms with Crippen LogP contribution in [0.15, 0.2) is 67.4 Å². The Bertz CT molecular complexity index is 504. The highest BCUT2D eigenvalue weighted by Crippen LogP contribution is 2.14. The lowest BCUT2D eigenvalue weighted by molar-refractivity contribution is 0.478. The van der Waals surface area contributed by atoms with Gasteiger partial charge in [0.15, 0.2) is 0 Å². The lowest BCUT2D eigenvalue weighted by Crippen LogP contribution is -1.69. The molecule has 2 aromatic carbocycles. The van der Waals surface area contributed by atoms with E-state index in [0.29, 0.717) is 0 Å². The average molecular weight is 259 g/mol. The molecule has 0 aromatic heterocycles. The van der Waals surface area contributed by atoms with Gasteiger partial charge in [0.2, 0.25) is 0 Å². The molecule has 2 heteroatoms. The fourth-order valence-electron chi connectivity index (χ4n) is 1.29. The van der Waals surface area contributed by atoms with E-state index in [-0.39, 0.29) is 0 Å². The van der Waals surface area contributed by atoms with E-state index in [2.05, 4.69) is 6.58 Å². The van der Waals surface area contributed by atoms with Crippen LogP contribution >= 0.6 is 11.6 Å². The van der Waals surface area contributed by atoms with Gasteiger partial charge in [0.1, 0.15) is 0 Å². The molecule has 1 N–H and O–H groups in total. The molecular formula is C16H15ClO. The molecule has 0 spiro atoms. The van der Waals surface area contributed by atoms with Crippen molar-refractivity contribution in [2.24, 2.45) is 0 Å². The maximum Gasteiger partial charge on any atom is 0.0797 e. The first kappa shape index (κ1) is 14.1. The van der Waals surface area contributed by atoms with E-state index < -0.39 is 0 Å². The molecule has 0 aliphatic carbocycles. The van der Waals surface area contributed by atoms with Gasteiger partial charge in [0, 0.05) is 5.02 Å². The van der Waals surface area contributed by atoms with Crippen molar-refractivity contribution < 1.29 is 5.11 Å². The van der Waals surface area contributed by atoms with E-state index in [4.69, 9.17) is 16.7 Å². The minimum atomic E-state index is 0.757. The van der Waals surface area contributed by atoms with E-state index in [1.165, 1.54) is 0 Å². The summed E-state index contributed by atoms with van der Waals surface area (Å²) in [5.74, 6) is 0. The van der Waals surface area contributed by atoms with Crippen LogP contribution in [0.25, 0.3) is 12.2 Å². The second-order valence-electron chi connectivity index (χ2n) is 3.45. The molecule has 2 rings (SSSR count). The summed E-state index contributed by atoms with van der Waals surface area (Å²) < 4.78 is 0. The number of aliphatic hydroxyl groups is 1. The molecule has 1 nitrogen and oxygen atoms in total. The van der Waals surface area contributed by atoms with Crippen molar-refractivity contribution >= 4 is 23.8 Å². The molecule has 0 amide bonds. The van der Waals surface area contributed by atoms with Crippen LogP contribution in [0.4, 0.5) is 0 Å². The lowest BCUT2D eigenvalue weighted by atomic mass is 10.2. The molecule has 0 radical (unpaired) electrons. The zero-order valence-corrected chi connectivity index (χ0v) is 10.7. The van der Waals surface area contributed by atoms with Crippen LogP contribution in [-0.2, 0) is 0 Å². The Morgan fingerprint density at radius 3 is 2.06 bits per heavy atom. The second-order valence-corrected chi connectivity index (χ2v) is 3.86. The van der Waals surface area contributed by atoms with Crippen LogP contribution in [0.5, 0.6) is 0 Å². The number of rotatable bonds is 2. The number of benzene rings is 2. The SMILES string of the molecule is C=Cc1ccccc1Cl.OC=Cc1ccccc1. The van der Waals surface area contributed by atoms with Gasteiger partial charge in [0.05, 0.1) is 6.26 Å². The van der Waals surface area contributed by atoms with Crippen LogP contribution in [-0.4, -0.2) is 5.11 Å². The molecular weight excluding hydrogens is 244 g/mol.